The Balaban J connectivity index is 0.000000252. The van der Waals surface area contributed by atoms with Gasteiger partial charge in [0.1, 0.15) is 17.0 Å². The Morgan fingerprint density at radius 3 is 1.67 bits per heavy atom. The van der Waals surface area contributed by atoms with Crippen LogP contribution in [0.1, 0.15) is 159 Å². The van der Waals surface area contributed by atoms with Crippen molar-refractivity contribution in [3.05, 3.63) is 0 Å². The Labute approximate surface area is 415 Å². The largest absolute Gasteiger partial charge is 0.481 e. The van der Waals surface area contributed by atoms with Crippen LogP contribution in [0.5, 0.6) is 0 Å². The normalized spacial score (nSPS) is 23.2. The molecule has 0 bridgehead atoms. The molecule has 4 N–H and O–H groups in total. The number of rotatable bonds is 8. The van der Waals surface area contributed by atoms with Crippen LogP contribution in [0.4, 0.5) is 9.59 Å². The van der Waals surface area contributed by atoms with Crippen molar-refractivity contribution >= 4 is 35.8 Å². The molecule has 6 aliphatic heterocycles. The molecule has 0 aliphatic carbocycles. The van der Waals surface area contributed by atoms with Crippen LogP contribution in [0.15, 0.2) is 0 Å². The second-order valence-electron chi connectivity index (χ2n) is 22.1. The minimum Gasteiger partial charge on any atom is -0.481 e. The first-order chi connectivity index (χ1) is 32.6. The number of carboxylic acid groups (broad SMARTS) is 1. The zero-order valence-electron chi connectivity index (χ0n) is 44.4. The van der Waals surface area contributed by atoms with E-state index in [9.17, 15) is 28.8 Å². The zero-order chi connectivity index (χ0) is 51.0. The molecule has 17 nitrogen and oxygen atoms in total. The van der Waals surface area contributed by atoms with Gasteiger partial charge in [-0.3, -0.25) is 19.2 Å². The number of likely N-dealkylation sites (tertiary alicyclic amines) is 4. The van der Waals surface area contributed by atoms with Crippen LogP contribution in [0.25, 0.3) is 0 Å². The smallest absolute Gasteiger partial charge is 0.410 e. The standard InChI is InChI=1S/C17H30N2O4.C16H31N3O.C11H19NO3.C8H15NO2/c1-17(2,3)23-16(22)19-9-4-5-14(8-12-19)18-10-6-13(7-11-18)15(20)21;1-13(2)12-18-16(20)14-6-10-19(11-7-14)15-4-3-8-17-9-5-15;1-11(2,3)15-10(14)12-7-4-5-9(13)6-8-12;1-2-11-8(10)7-3-5-9-6-4-7/h13-14H,4-12H2,1-3H3,(H,20,21);13-15,17H,3-12H2,1-2H3,(H,18,20);4-8H2,1-3H3;7,9H,2-6H2,1H3. The average molecular weight is 978 g/mol. The van der Waals surface area contributed by atoms with Crippen molar-refractivity contribution in [1.29, 1.82) is 0 Å². The number of esters is 1. The van der Waals surface area contributed by atoms with Gasteiger partial charge in [-0.05, 0) is 190 Å². The van der Waals surface area contributed by atoms with Crippen LogP contribution >= 0.6 is 0 Å². The van der Waals surface area contributed by atoms with Crippen LogP contribution in [0.2, 0.25) is 0 Å². The van der Waals surface area contributed by atoms with Gasteiger partial charge in [0.25, 0.3) is 0 Å². The molecular weight excluding hydrogens is 883 g/mol. The molecule has 2 atom stereocenters. The lowest BCUT2D eigenvalue weighted by Crippen LogP contribution is -2.45. The highest BCUT2D eigenvalue weighted by molar-refractivity contribution is 5.80. The maximum absolute atomic E-state index is 12.2. The van der Waals surface area contributed by atoms with E-state index in [1.807, 2.05) is 53.4 Å². The minimum atomic E-state index is -0.665. The van der Waals surface area contributed by atoms with Gasteiger partial charge in [0.15, 0.2) is 0 Å². The van der Waals surface area contributed by atoms with Crippen LogP contribution in [0, 0.1) is 23.7 Å². The molecule has 398 valence electrons. The Bertz CT molecular complexity index is 1540. The second kappa shape index (κ2) is 31.0. The summed E-state index contributed by atoms with van der Waals surface area (Å²) in [5.74, 6) is 0.579. The van der Waals surface area contributed by atoms with Crippen molar-refractivity contribution in [3.8, 4) is 0 Å². The summed E-state index contributed by atoms with van der Waals surface area (Å²) in [7, 11) is 0. The number of Topliss-reactive ketones (excluding diaryl/α,β-unsaturated/α-hetero) is 1. The van der Waals surface area contributed by atoms with E-state index < -0.39 is 17.2 Å². The minimum absolute atomic E-state index is 0.0194. The molecule has 6 fully saturated rings. The summed E-state index contributed by atoms with van der Waals surface area (Å²) in [4.78, 5) is 77.8. The van der Waals surface area contributed by atoms with E-state index in [0.717, 1.165) is 136 Å². The number of aliphatic carboxylic acids is 1. The highest BCUT2D eigenvalue weighted by Crippen LogP contribution is 2.26. The summed E-state index contributed by atoms with van der Waals surface area (Å²) in [5, 5.41) is 18.9. The number of carboxylic acids is 1. The quantitative estimate of drug-likeness (QED) is 0.148. The van der Waals surface area contributed by atoms with E-state index >= 15 is 0 Å². The van der Waals surface area contributed by atoms with E-state index in [2.05, 4.69) is 39.6 Å². The lowest BCUT2D eigenvalue weighted by molar-refractivity contribution is -0.149. The predicted molar refractivity (Wildman–Crippen MR) is 269 cm³/mol. The molecule has 6 aliphatic rings. The summed E-state index contributed by atoms with van der Waals surface area (Å²) < 4.78 is 15.6. The molecule has 0 aromatic rings. The van der Waals surface area contributed by atoms with Gasteiger partial charge >= 0.3 is 24.1 Å². The van der Waals surface area contributed by atoms with Crippen LogP contribution in [-0.4, -0.2) is 175 Å². The Morgan fingerprint density at radius 1 is 0.609 bits per heavy atom. The van der Waals surface area contributed by atoms with Gasteiger partial charge in [-0.25, -0.2) is 9.59 Å². The molecule has 0 radical (unpaired) electrons. The third kappa shape index (κ3) is 24.4. The fourth-order valence-electron chi connectivity index (χ4n) is 9.60. The highest BCUT2D eigenvalue weighted by Gasteiger charge is 2.32. The van der Waals surface area contributed by atoms with Crippen molar-refractivity contribution in [1.82, 2.24) is 35.6 Å². The van der Waals surface area contributed by atoms with E-state index in [0.29, 0.717) is 44.5 Å². The van der Waals surface area contributed by atoms with Crippen molar-refractivity contribution in [2.24, 2.45) is 23.7 Å². The Hall–Kier alpha value is -3.54. The lowest BCUT2D eigenvalue weighted by Gasteiger charge is -2.36. The topological polar surface area (TPSA) is 199 Å². The van der Waals surface area contributed by atoms with Crippen LogP contribution in [0.3, 0.4) is 0 Å². The van der Waals surface area contributed by atoms with Gasteiger partial charge in [0.05, 0.1) is 18.4 Å². The first-order valence-electron chi connectivity index (χ1n) is 26.7. The average Bonchev–Trinajstić information content (AvgIpc) is 3.83. The maximum Gasteiger partial charge on any atom is 0.410 e. The number of carbonyl (C=O) groups excluding carboxylic acids is 5. The van der Waals surface area contributed by atoms with Crippen LogP contribution in [-0.2, 0) is 33.4 Å². The number of piperidine rings is 3. The van der Waals surface area contributed by atoms with Gasteiger partial charge in [-0.1, -0.05) is 13.8 Å². The summed E-state index contributed by atoms with van der Waals surface area (Å²) in [5.41, 5.74) is -0.922. The summed E-state index contributed by atoms with van der Waals surface area (Å²) in [6, 6.07) is 1.20. The number of nitrogens with zero attached hydrogens (tertiary/aromatic N) is 4. The molecule has 0 aromatic carbocycles. The first-order valence-corrected chi connectivity index (χ1v) is 26.7. The van der Waals surface area contributed by atoms with Gasteiger partial charge < -0.3 is 54.9 Å². The van der Waals surface area contributed by atoms with Crippen molar-refractivity contribution in [2.75, 3.05) is 91.7 Å². The number of nitrogens with one attached hydrogen (secondary N) is 3. The molecule has 6 saturated heterocycles. The molecule has 0 spiro atoms. The van der Waals surface area contributed by atoms with Gasteiger partial charge in [0, 0.05) is 63.6 Å². The third-order valence-corrected chi connectivity index (χ3v) is 13.5. The van der Waals surface area contributed by atoms with Crippen molar-refractivity contribution < 1.29 is 48.1 Å². The monoisotopic (exact) mass is 978 g/mol. The number of ether oxygens (including phenoxy) is 3. The van der Waals surface area contributed by atoms with E-state index in [1.165, 1.54) is 25.8 Å². The second-order valence-corrected chi connectivity index (χ2v) is 22.1. The molecule has 69 heavy (non-hydrogen) atoms. The molecule has 3 amide bonds. The Kier molecular flexibility index (Phi) is 26.9. The molecular formula is C52H95N7O10. The van der Waals surface area contributed by atoms with Gasteiger partial charge in [-0.2, -0.15) is 0 Å². The summed E-state index contributed by atoms with van der Waals surface area (Å²) in [6.45, 7) is 29.4. The number of hydrogen-bond acceptors (Lipinski definition) is 13. The van der Waals surface area contributed by atoms with Gasteiger partial charge in [0.2, 0.25) is 5.91 Å². The number of carbonyl (C=O) groups is 6. The maximum atomic E-state index is 12.2. The highest BCUT2D eigenvalue weighted by atomic mass is 16.6. The number of hydrogen-bond donors (Lipinski definition) is 4. The summed E-state index contributed by atoms with van der Waals surface area (Å²) in [6.07, 6.45) is 13.5. The Morgan fingerprint density at radius 2 is 1.12 bits per heavy atom. The predicted octanol–water partition coefficient (Wildman–Crippen LogP) is 6.71. The lowest BCUT2D eigenvalue weighted by atomic mass is 9.93. The molecule has 6 heterocycles. The van der Waals surface area contributed by atoms with E-state index in [4.69, 9.17) is 19.3 Å². The molecule has 2 unspecified atom stereocenters. The first kappa shape index (κ1) is 59.8. The van der Waals surface area contributed by atoms with Gasteiger partial charge in [-0.15, -0.1) is 0 Å². The molecule has 0 aromatic heterocycles. The fraction of sp³-hybridized carbons (Fsp3) is 0.885. The molecule has 6 rings (SSSR count). The van der Waals surface area contributed by atoms with Crippen LogP contribution < -0.4 is 16.0 Å². The molecule has 0 saturated carbocycles. The number of ketones is 1. The van der Waals surface area contributed by atoms with Crippen molar-refractivity contribution in [3.63, 3.8) is 0 Å². The third-order valence-electron chi connectivity index (χ3n) is 13.5. The van der Waals surface area contributed by atoms with E-state index in [-0.39, 0.29) is 47.6 Å². The fourth-order valence-corrected chi connectivity index (χ4v) is 9.60. The number of amides is 3. The molecule has 17 heteroatoms. The van der Waals surface area contributed by atoms with Crippen molar-refractivity contribution in [2.45, 2.75) is 182 Å². The van der Waals surface area contributed by atoms with E-state index in [1.54, 1.807) is 4.90 Å². The summed E-state index contributed by atoms with van der Waals surface area (Å²) >= 11 is 0. The zero-order valence-corrected chi connectivity index (χ0v) is 44.4. The SMILES string of the molecule is CC(C)(C)OC(=O)N1CCCC(=O)CC1.CC(C)(C)OC(=O)N1CCCC(N2CCC(C(=O)O)CC2)CC1.CC(C)CNC(=O)C1CCN(C2CCCNCC2)CC1.CCOC(=O)C1CCNCC1.